The van der Waals surface area contributed by atoms with E-state index in [1.807, 2.05) is 0 Å². The summed E-state index contributed by atoms with van der Waals surface area (Å²) in [7, 11) is 0. The molecule has 0 radical (unpaired) electrons. The molecule has 0 N–H and O–H groups in total. The second-order valence-corrected chi connectivity index (χ2v) is 8.91. The maximum absolute atomic E-state index is 5.62. The van der Waals surface area contributed by atoms with Crippen LogP contribution >= 0.6 is 0 Å². The fourth-order valence-electron chi connectivity index (χ4n) is 0.605. The molecule has 0 saturated heterocycles. The first-order valence-corrected chi connectivity index (χ1v) is 9.68. The molecule has 0 aromatic carbocycles. The van der Waals surface area contributed by atoms with Crippen molar-refractivity contribution < 1.29 is 30.8 Å². The maximum atomic E-state index is 5.62. The first-order chi connectivity index (χ1) is 6.55. The topological polar surface area (TPSA) is 18.5 Å². The van der Waals surface area contributed by atoms with E-state index in [9.17, 15) is 0 Å². The molecule has 0 aromatic rings. The van der Waals surface area contributed by atoms with E-state index < -0.39 is 25.5 Å². The second kappa shape index (κ2) is 5.38. The summed E-state index contributed by atoms with van der Waals surface area (Å²) in [6.45, 7) is 20.3. The Hall–Kier alpha value is 0.0151. The quantitative estimate of drug-likeness (QED) is 0.525. The Morgan fingerprint density at radius 3 is 1.27 bits per heavy atom. The normalized spacial score (nSPS) is 11.6. The molecule has 0 fully saturated rings. The molecule has 0 heterocycles. The average molecular weight is 399 g/mol. The van der Waals surface area contributed by atoms with Gasteiger partial charge in [-0.2, -0.15) is 0 Å². The van der Waals surface area contributed by atoms with Crippen molar-refractivity contribution in [1.29, 1.82) is 0 Å². The van der Waals surface area contributed by atoms with Crippen molar-refractivity contribution >= 4 is 0 Å². The van der Waals surface area contributed by atoms with E-state index in [0.717, 1.165) is 11.5 Å². The van der Waals surface area contributed by atoms with E-state index in [0.29, 0.717) is 0 Å². The summed E-state index contributed by atoms with van der Waals surface area (Å²) < 4.78 is 11.2. The van der Waals surface area contributed by atoms with Gasteiger partial charge in [-0.1, -0.05) is 0 Å². The molecule has 0 aliphatic carbocycles. The third-order valence-corrected chi connectivity index (χ3v) is 5.76. The van der Waals surface area contributed by atoms with E-state index in [1.54, 1.807) is 0 Å². The summed E-state index contributed by atoms with van der Waals surface area (Å²) in [6, 6.07) is 0. The van der Waals surface area contributed by atoms with Crippen molar-refractivity contribution in [2.75, 3.05) is 0 Å². The summed E-state index contributed by atoms with van der Waals surface area (Å²) in [5.41, 5.74) is 0.0127. The molecule has 0 aliphatic heterocycles. The van der Waals surface area contributed by atoms with Crippen molar-refractivity contribution in [1.82, 2.24) is 0 Å². The van der Waals surface area contributed by atoms with Gasteiger partial charge in [0.25, 0.3) is 0 Å². The average Bonchev–Trinajstić information content (AvgIpc) is 2.00. The molecule has 0 spiro atoms. The fraction of sp³-hybridized carbons (Fsp3) is 0.667. The van der Waals surface area contributed by atoms with Crippen molar-refractivity contribution in [2.24, 2.45) is 10.8 Å². The first kappa shape index (κ1) is 15.0. The zero-order chi connectivity index (χ0) is 12.3. The molecule has 3 heteroatoms. The molecular weight excluding hydrogens is 377 g/mol. The molecule has 2 nitrogen and oxygen atoms in total. The van der Waals surface area contributed by atoms with Gasteiger partial charge in [0.15, 0.2) is 0 Å². The van der Waals surface area contributed by atoms with Gasteiger partial charge in [-0.3, -0.25) is 0 Å². The second-order valence-electron chi connectivity index (χ2n) is 5.75. The van der Waals surface area contributed by atoms with Crippen molar-refractivity contribution in [3.8, 4) is 0 Å². The molecule has 0 aromatic heterocycles. The fourth-order valence-corrected chi connectivity index (χ4v) is 5.31. The van der Waals surface area contributed by atoms with Crippen LogP contribution in [0.4, 0.5) is 0 Å². The SMILES string of the molecule is C=C([O][Hg][O]C(=C)C(C)(C)C)C(C)(C)C. The summed E-state index contributed by atoms with van der Waals surface area (Å²) >= 11 is -1.78. The summed E-state index contributed by atoms with van der Waals surface area (Å²) in [5, 5.41) is 0. The molecule has 0 saturated carbocycles. The number of hydrogen-bond acceptors (Lipinski definition) is 2. The van der Waals surface area contributed by atoms with Crippen LogP contribution in [0.25, 0.3) is 0 Å². The number of rotatable bonds is 4. The summed E-state index contributed by atoms with van der Waals surface area (Å²) in [5.74, 6) is 1.65. The van der Waals surface area contributed by atoms with Crippen LogP contribution < -0.4 is 0 Å². The van der Waals surface area contributed by atoms with E-state index >= 15 is 0 Å². The Labute approximate surface area is 107 Å². The third-order valence-electron chi connectivity index (χ3n) is 2.14. The Balaban J connectivity index is 3.92. The number of hydrogen-bond donors (Lipinski definition) is 0. The van der Waals surface area contributed by atoms with E-state index in [1.165, 1.54) is 0 Å². The monoisotopic (exact) mass is 400 g/mol. The summed E-state index contributed by atoms with van der Waals surface area (Å²) in [6.07, 6.45) is 0. The van der Waals surface area contributed by atoms with Crippen molar-refractivity contribution in [2.45, 2.75) is 41.5 Å². The molecule has 0 aliphatic rings. The molecule has 15 heavy (non-hydrogen) atoms. The van der Waals surface area contributed by atoms with Gasteiger partial charge < -0.3 is 0 Å². The molecule has 0 rings (SSSR count). The van der Waals surface area contributed by atoms with Crippen LogP contribution in [0, 0.1) is 10.8 Å². The molecule has 0 atom stereocenters. The van der Waals surface area contributed by atoms with Crippen LogP contribution in [0.5, 0.6) is 0 Å². The van der Waals surface area contributed by atoms with E-state index in [2.05, 4.69) is 54.7 Å². The van der Waals surface area contributed by atoms with Crippen molar-refractivity contribution in [3.05, 3.63) is 24.7 Å². The zero-order valence-corrected chi connectivity index (χ0v) is 16.4. The van der Waals surface area contributed by atoms with Crippen LogP contribution in [-0.2, 0) is 30.8 Å². The molecule has 84 valence electrons. The Kier molecular flexibility index (Phi) is 5.38. The zero-order valence-electron chi connectivity index (χ0n) is 10.9. The van der Waals surface area contributed by atoms with Gasteiger partial charge in [0.05, 0.1) is 0 Å². The minimum atomic E-state index is -1.78. The molecule has 0 unspecified atom stereocenters. The van der Waals surface area contributed by atoms with Crippen LogP contribution in [0.1, 0.15) is 41.5 Å². The van der Waals surface area contributed by atoms with Gasteiger partial charge in [0.2, 0.25) is 0 Å². The van der Waals surface area contributed by atoms with Crippen LogP contribution in [0.15, 0.2) is 24.7 Å². The predicted octanol–water partition coefficient (Wildman–Crippen LogP) is 4.05. The molecule has 0 bridgehead atoms. The van der Waals surface area contributed by atoms with Gasteiger partial charge >= 0.3 is 108 Å². The predicted molar refractivity (Wildman–Crippen MR) is 59.4 cm³/mol. The van der Waals surface area contributed by atoms with Crippen LogP contribution in [-0.4, -0.2) is 0 Å². The van der Waals surface area contributed by atoms with Gasteiger partial charge in [-0.25, -0.2) is 0 Å². The molecular formula is C12H22HgO2. The van der Waals surface area contributed by atoms with Gasteiger partial charge in [0, 0.05) is 0 Å². The first-order valence-electron chi connectivity index (χ1n) is 5.19. The van der Waals surface area contributed by atoms with Gasteiger partial charge in [-0.15, -0.1) is 0 Å². The molecule has 0 amide bonds. The Morgan fingerprint density at radius 2 is 1.07 bits per heavy atom. The minimum absolute atomic E-state index is 0.00637. The van der Waals surface area contributed by atoms with Crippen LogP contribution in [0.2, 0.25) is 0 Å². The Bertz CT molecular complexity index is 217. The summed E-state index contributed by atoms with van der Waals surface area (Å²) in [4.78, 5) is 0. The van der Waals surface area contributed by atoms with Crippen LogP contribution in [0.3, 0.4) is 0 Å². The van der Waals surface area contributed by atoms with Gasteiger partial charge in [-0.05, 0) is 0 Å². The van der Waals surface area contributed by atoms with E-state index in [4.69, 9.17) is 5.29 Å². The van der Waals surface area contributed by atoms with Crippen molar-refractivity contribution in [3.63, 3.8) is 0 Å². The van der Waals surface area contributed by atoms with Gasteiger partial charge in [0.1, 0.15) is 0 Å². The standard InChI is InChI=1S/2C6H12O.Hg/c2*1-5(7)6(2,3)4;/h2*7H,1H2,2-4H3;/q;;+2/p-2. The number of allylic oxidation sites excluding steroid dienone is 2. The third kappa shape index (κ3) is 6.23. The van der Waals surface area contributed by atoms with E-state index in [-0.39, 0.29) is 10.8 Å². The Morgan fingerprint density at radius 1 is 0.800 bits per heavy atom.